The Labute approximate surface area is 91.1 Å². The fourth-order valence-electron chi connectivity index (χ4n) is 1.18. The molecule has 0 aliphatic carbocycles. The molecular formula is C9H9N5O2. The molecule has 0 saturated carbocycles. The van der Waals surface area contributed by atoms with E-state index in [2.05, 4.69) is 24.8 Å². The highest BCUT2D eigenvalue weighted by atomic mass is 16.5. The number of carbonyl (C=O) groups is 1. The Kier molecular flexibility index (Phi) is 2.59. The first-order valence-corrected chi connectivity index (χ1v) is 4.50. The molecule has 2 rings (SSSR count). The van der Waals surface area contributed by atoms with Crippen molar-refractivity contribution in [3.05, 3.63) is 30.2 Å². The molecule has 16 heavy (non-hydrogen) atoms. The molecule has 0 bridgehead atoms. The lowest BCUT2D eigenvalue weighted by molar-refractivity contribution is 0.0587. The van der Waals surface area contributed by atoms with Gasteiger partial charge in [0.05, 0.1) is 12.8 Å². The van der Waals surface area contributed by atoms with E-state index in [0.29, 0.717) is 11.5 Å². The van der Waals surface area contributed by atoms with E-state index >= 15 is 0 Å². The van der Waals surface area contributed by atoms with Gasteiger partial charge in [-0.2, -0.15) is 4.68 Å². The molecule has 0 aliphatic rings. The van der Waals surface area contributed by atoms with Gasteiger partial charge in [-0.25, -0.2) is 14.8 Å². The molecule has 0 aromatic carbocycles. The Hall–Kier alpha value is -2.31. The molecule has 82 valence electrons. The molecular weight excluding hydrogens is 210 g/mol. The van der Waals surface area contributed by atoms with E-state index < -0.39 is 5.97 Å². The minimum absolute atomic E-state index is 0.00690. The monoisotopic (exact) mass is 219 g/mol. The van der Waals surface area contributed by atoms with Crippen LogP contribution >= 0.6 is 0 Å². The van der Waals surface area contributed by atoms with Crippen LogP contribution in [0, 0.1) is 6.92 Å². The van der Waals surface area contributed by atoms with Crippen LogP contribution in [-0.4, -0.2) is 37.8 Å². The molecule has 0 radical (unpaired) electrons. The van der Waals surface area contributed by atoms with Gasteiger partial charge in [0.15, 0.2) is 5.82 Å². The predicted molar refractivity (Wildman–Crippen MR) is 53.0 cm³/mol. The van der Waals surface area contributed by atoms with Gasteiger partial charge in [0.1, 0.15) is 6.33 Å². The molecule has 7 heteroatoms. The van der Waals surface area contributed by atoms with Gasteiger partial charge in [-0.05, 0) is 6.92 Å². The highest BCUT2D eigenvalue weighted by Crippen LogP contribution is 2.05. The minimum Gasteiger partial charge on any atom is -0.463 e. The number of aryl methyl sites for hydroxylation is 1. The maximum Gasteiger partial charge on any atom is 0.377 e. The fourth-order valence-corrected chi connectivity index (χ4v) is 1.18. The van der Waals surface area contributed by atoms with Crippen LogP contribution in [0.4, 0.5) is 0 Å². The van der Waals surface area contributed by atoms with E-state index in [1.807, 2.05) is 0 Å². The van der Waals surface area contributed by atoms with Crippen LogP contribution < -0.4 is 0 Å². The summed E-state index contributed by atoms with van der Waals surface area (Å²) >= 11 is 0. The van der Waals surface area contributed by atoms with Gasteiger partial charge < -0.3 is 4.74 Å². The molecule has 0 amide bonds. The van der Waals surface area contributed by atoms with Crippen molar-refractivity contribution in [2.24, 2.45) is 0 Å². The second kappa shape index (κ2) is 4.05. The molecule has 0 atom stereocenters. The summed E-state index contributed by atoms with van der Waals surface area (Å²) in [7, 11) is 1.27. The maximum absolute atomic E-state index is 11.1. The van der Waals surface area contributed by atoms with Crippen LogP contribution in [-0.2, 0) is 4.74 Å². The van der Waals surface area contributed by atoms with Crippen LogP contribution in [0.3, 0.4) is 0 Å². The van der Waals surface area contributed by atoms with Crippen LogP contribution in [0.5, 0.6) is 0 Å². The molecule has 0 N–H and O–H groups in total. The van der Waals surface area contributed by atoms with Crippen molar-refractivity contribution >= 4 is 5.97 Å². The third-order valence-corrected chi connectivity index (χ3v) is 1.93. The normalized spacial score (nSPS) is 10.1. The highest BCUT2D eigenvalue weighted by molar-refractivity contribution is 5.84. The SMILES string of the molecule is COC(=O)c1ncn(-c2nccnc2C)n1. The summed E-state index contributed by atoms with van der Waals surface area (Å²) in [4.78, 5) is 23.1. The molecule has 2 aromatic rings. The molecule has 0 spiro atoms. The molecule has 2 heterocycles. The van der Waals surface area contributed by atoms with Crippen molar-refractivity contribution < 1.29 is 9.53 Å². The number of ether oxygens (including phenoxy) is 1. The predicted octanol–water partition coefficient (Wildman–Crippen LogP) is 0.152. The number of carbonyl (C=O) groups excluding carboxylic acids is 1. The Morgan fingerprint density at radius 3 is 2.75 bits per heavy atom. The summed E-state index contributed by atoms with van der Waals surface area (Å²) in [5, 5.41) is 3.94. The number of rotatable bonds is 2. The average molecular weight is 219 g/mol. The molecule has 2 aromatic heterocycles. The summed E-state index contributed by atoms with van der Waals surface area (Å²) in [6, 6.07) is 0. The largest absolute Gasteiger partial charge is 0.463 e. The van der Waals surface area contributed by atoms with Crippen molar-refractivity contribution in [3.8, 4) is 5.82 Å². The zero-order chi connectivity index (χ0) is 11.5. The Morgan fingerprint density at radius 2 is 2.06 bits per heavy atom. The summed E-state index contributed by atoms with van der Waals surface area (Å²) in [6.45, 7) is 1.79. The average Bonchev–Trinajstić information content (AvgIpc) is 2.78. The summed E-state index contributed by atoms with van der Waals surface area (Å²) in [6.07, 6.45) is 4.52. The van der Waals surface area contributed by atoms with Gasteiger partial charge in [-0.15, -0.1) is 5.10 Å². The van der Waals surface area contributed by atoms with E-state index in [4.69, 9.17) is 0 Å². The molecule has 0 saturated heterocycles. The topological polar surface area (TPSA) is 82.8 Å². The van der Waals surface area contributed by atoms with Crippen LogP contribution in [0.1, 0.15) is 16.3 Å². The molecule has 0 unspecified atom stereocenters. The third-order valence-electron chi connectivity index (χ3n) is 1.93. The maximum atomic E-state index is 11.1. The first kappa shape index (κ1) is 10.2. The standard InChI is InChI=1S/C9H9N5O2/c1-6-8(11-4-3-10-6)14-5-12-7(13-14)9(15)16-2/h3-5H,1-2H3. The van der Waals surface area contributed by atoms with Crippen LogP contribution in [0.15, 0.2) is 18.7 Å². The Balaban J connectivity index is 2.39. The van der Waals surface area contributed by atoms with Crippen molar-refractivity contribution in [1.29, 1.82) is 0 Å². The number of aromatic nitrogens is 5. The summed E-state index contributed by atoms with van der Waals surface area (Å²) in [5.74, 6) is -0.0574. The zero-order valence-electron chi connectivity index (χ0n) is 8.78. The van der Waals surface area contributed by atoms with Crippen molar-refractivity contribution in [3.63, 3.8) is 0 Å². The van der Waals surface area contributed by atoms with Crippen molar-refractivity contribution in [2.45, 2.75) is 6.92 Å². The van der Waals surface area contributed by atoms with Gasteiger partial charge in [0.2, 0.25) is 0 Å². The second-order valence-electron chi connectivity index (χ2n) is 2.97. The number of esters is 1. The first-order valence-electron chi connectivity index (χ1n) is 4.50. The Bertz CT molecular complexity index is 522. The van der Waals surface area contributed by atoms with Crippen LogP contribution in [0.2, 0.25) is 0 Å². The van der Waals surface area contributed by atoms with E-state index in [-0.39, 0.29) is 5.82 Å². The summed E-state index contributed by atoms with van der Waals surface area (Å²) in [5.41, 5.74) is 0.698. The van der Waals surface area contributed by atoms with Gasteiger partial charge >= 0.3 is 5.97 Å². The lowest BCUT2D eigenvalue weighted by Gasteiger charge is -2.00. The van der Waals surface area contributed by atoms with Crippen LogP contribution in [0.25, 0.3) is 5.82 Å². The van der Waals surface area contributed by atoms with E-state index in [1.54, 1.807) is 19.3 Å². The zero-order valence-corrected chi connectivity index (χ0v) is 8.78. The second-order valence-corrected chi connectivity index (χ2v) is 2.97. The lowest BCUT2D eigenvalue weighted by Crippen LogP contribution is -2.07. The number of nitrogens with zero attached hydrogens (tertiary/aromatic N) is 5. The molecule has 7 nitrogen and oxygen atoms in total. The quantitative estimate of drug-likeness (QED) is 0.669. The third kappa shape index (κ3) is 1.74. The van der Waals surface area contributed by atoms with Gasteiger partial charge in [-0.3, -0.25) is 4.98 Å². The highest BCUT2D eigenvalue weighted by Gasteiger charge is 2.13. The van der Waals surface area contributed by atoms with E-state index in [0.717, 1.165) is 0 Å². The van der Waals surface area contributed by atoms with Gasteiger partial charge in [0, 0.05) is 12.4 Å². The number of methoxy groups -OCH3 is 1. The lowest BCUT2D eigenvalue weighted by atomic mass is 10.4. The van der Waals surface area contributed by atoms with Gasteiger partial charge in [-0.1, -0.05) is 0 Å². The van der Waals surface area contributed by atoms with E-state index in [1.165, 1.54) is 18.1 Å². The first-order chi connectivity index (χ1) is 7.72. The number of hydrogen-bond acceptors (Lipinski definition) is 6. The van der Waals surface area contributed by atoms with Crippen molar-refractivity contribution in [2.75, 3.05) is 7.11 Å². The smallest absolute Gasteiger partial charge is 0.377 e. The van der Waals surface area contributed by atoms with Gasteiger partial charge in [0.25, 0.3) is 5.82 Å². The fraction of sp³-hybridized carbons (Fsp3) is 0.222. The Morgan fingerprint density at radius 1 is 1.31 bits per heavy atom. The number of hydrogen-bond donors (Lipinski definition) is 0. The minimum atomic E-state index is -0.583. The van der Waals surface area contributed by atoms with E-state index in [9.17, 15) is 4.79 Å². The molecule has 0 aliphatic heterocycles. The molecule has 0 fully saturated rings. The summed E-state index contributed by atoms with van der Waals surface area (Å²) < 4.78 is 5.89. The van der Waals surface area contributed by atoms with Crippen molar-refractivity contribution in [1.82, 2.24) is 24.7 Å².